The molecule has 0 atom stereocenters. The van der Waals surface area contributed by atoms with E-state index in [-0.39, 0.29) is 22.9 Å². The molecule has 0 N–H and O–H groups in total. The summed E-state index contributed by atoms with van der Waals surface area (Å²) in [5.41, 5.74) is 0.471. The van der Waals surface area contributed by atoms with Gasteiger partial charge in [-0.1, -0.05) is 5.16 Å². The van der Waals surface area contributed by atoms with Crippen LogP contribution in [-0.4, -0.2) is 58.5 Å². The van der Waals surface area contributed by atoms with E-state index in [1.54, 1.807) is 11.0 Å². The number of hydrogen-bond donors (Lipinski definition) is 0. The smallest absolute Gasteiger partial charge is 0.406 e. The number of piperazine rings is 1. The number of nitrogens with zero attached hydrogens (tertiary/aromatic N) is 5. The molecule has 0 spiro atoms. The fraction of sp³-hybridized carbons (Fsp3) is 0.300. The molecule has 3 aromatic rings. The number of halogens is 6. The van der Waals surface area contributed by atoms with E-state index in [4.69, 9.17) is 0 Å². The van der Waals surface area contributed by atoms with Gasteiger partial charge in [-0.05, 0) is 36.4 Å². The molecule has 0 bridgehead atoms. The molecule has 34 heavy (non-hydrogen) atoms. The Bertz CT molecular complexity index is 1140. The highest BCUT2D eigenvalue weighted by Gasteiger charge is 2.38. The number of alkyl halides is 6. The Morgan fingerprint density at radius 3 is 2.15 bits per heavy atom. The summed E-state index contributed by atoms with van der Waals surface area (Å²) >= 11 is 0. The zero-order valence-corrected chi connectivity index (χ0v) is 17.1. The van der Waals surface area contributed by atoms with Gasteiger partial charge in [0.2, 0.25) is 5.82 Å². The van der Waals surface area contributed by atoms with Crippen LogP contribution in [0.1, 0.15) is 16.2 Å². The van der Waals surface area contributed by atoms with E-state index in [9.17, 15) is 31.1 Å². The van der Waals surface area contributed by atoms with Gasteiger partial charge in [-0.2, -0.15) is 18.2 Å². The fourth-order valence-electron chi connectivity index (χ4n) is 3.28. The van der Waals surface area contributed by atoms with Crippen LogP contribution in [0.5, 0.6) is 5.75 Å². The van der Waals surface area contributed by atoms with Gasteiger partial charge in [0.15, 0.2) is 0 Å². The molecule has 3 heterocycles. The minimum absolute atomic E-state index is 0.226. The lowest BCUT2D eigenvalue weighted by Crippen LogP contribution is -2.49. The molecule has 2 aromatic heterocycles. The predicted molar refractivity (Wildman–Crippen MR) is 104 cm³/mol. The number of benzene rings is 1. The van der Waals surface area contributed by atoms with Gasteiger partial charge in [0.1, 0.15) is 11.6 Å². The van der Waals surface area contributed by atoms with Gasteiger partial charge in [0.25, 0.3) is 5.91 Å². The van der Waals surface area contributed by atoms with Gasteiger partial charge in [0, 0.05) is 43.5 Å². The Morgan fingerprint density at radius 1 is 0.941 bits per heavy atom. The first-order chi connectivity index (χ1) is 16.0. The first-order valence-electron chi connectivity index (χ1n) is 9.77. The topological polar surface area (TPSA) is 84.6 Å². The van der Waals surface area contributed by atoms with Crippen molar-refractivity contribution in [1.29, 1.82) is 0 Å². The average molecular weight is 487 g/mol. The third-order valence-electron chi connectivity index (χ3n) is 4.90. The SMILES string of the molecule is O=C(c1ccc(OC(F)(F)F)cc1)N1CCN(c2ccc(-c3noc(C(F)(F)F)n3)cn2)CC1. The van der Waals surface area contributed by atoms with Crippen molar-refractivity contribution < 1.29 is 40.4 Å². The van der Waals surface area contributed by atoms with Crippen LogP contribution >= 0.6 is 0 Å². The largest absolute Gasteiger partial charge is 0.573 e. The van der Waals surface area contributed by atoms with Crippen molar-refractivity contribution in [3.63, 3.8) is 0 Å². The van der Waals surface area contributed by atoms with Crippen LogP contribution in [-0.2, 0) is 6.18 Å². The van der Waals surface area contributed by atoms with E-state index in [1.165, 1.54) is 24.4 Å². The molecule has 1 aliphatic rings. The molecule has 1 fully saturated rings. The van der Waals surface area contributed by atoms with Gasteiger partial charge in [-0.3, -0.25) is 4.79 Å². The maximum atomic E-state index is 12.6. The predicted octanol–water partition coefficient (Wildman–Crippen LogP) is 4.01. The number of hydrogen-bond acceptors (Lipinski definition) is 7. The molecule has 0 saturated carbocycles. The van der Waals surface area contributed by atoms with Crippen LogP contribution in [0.2, 0.25) is 0 Å². The Balaban J connectivity index is 1.34. The van der Waals surface area contributed by atoms with E-state index in [0.717, 1.165) is 12.1 Å². The van der Waals surface area contributed by atoms with Crippen LogP contribution < -0.4 is 9.64 Å². The number of carbonyl (C=O) groups excluding carboxylic acids is 1. The minimum Gasteiger partial charge on any atom is -0.406 e. The monoisotopic (exact) mass is 487 g/mol. The molecule has 0 unspecified atom stereocenters. The van der Waals surface area contributed by atoms with Crippen molar-refractivity contribution in [3.8, 4) is 17.1 Å². The number of carbonyl (C=O) groups is 1. The lowest BCUT2D eigenvalue weighted by atomic mass is 10.1. The first-order valence-corrected chi connectivity index (χ1v) is 9.77. The van der Waals surface area contributed by atoms with Gasteiger partial charge < -0.3 is 19.1 Å². The maximum absolute atomic E-state index is 12.6. The van der Waals surface area contributed by atoms with Gasteiger partial charge >= 0.3 is 18.4 Å². The van der Waals surface area contributed by atoms with Crippen molar-refractivity contribution in [2.24, 2.45) is 0 Å². The molecule has 1 amide bonds. The van der Waals surface area contributed by atoms with Crippen LogP contribution in [0.3, 0.4) is 0 Å². The molecule has 1 aromatic carbocycles. The van der Waals surface area contributed by atoms with E-state index < -0.39 is 24.2 Å². The molecule has 8 nitrogen and oxygen atoms in total. The standard InChI is InChI=1S/C20H15F6N5O3/c21-19(22,23)18-28-16(29-34-18)13-3-6-15(27-11-13)30-7-9-31(10-8-30)17(32)12-1-4-14(5-2-12)33-20(24,25)26/h1-6,11H,7-10H2. The summed E-state index contributed by atoms with van der Waals surface area (Å²) in [6, 6.07) is 7.77. The normalized spacial score (nSPS) is 14.9. The first kappa shape index (κ1) is 23.3. The maximum Gasteiger partial charge on any atom is 0.573 e. The lowest BCUT2D eigenvalue weighted by molar-refractivity contribution is -0.274. The van der Waals surface area contributed by atoms with E-state index in [1.807, 2.05) is 4.90 Å². The van der Waals surface area contributed by atoms with Gasteiger partial charge in [-0.25, -0.2) is 4.98 Å². The molecule has 180 valence electrons. The van der Waals surface area contributed by atoms with Crippen LogP contribution in [0.25, 0.3) is 11.4 Å². The number of anilines is 1. The van der Waals surface area contributed by atoms with Crippen LogP contribution in [0, 0.1) is 0 Å². The van der Waals surface area contributed by atoms with Crippen molar-refractivity contribution in [2.45, 2.75) is 12.5 Å². The fourth-order valence-corrected chi connectivity index (χ4v) is 3.28. The second kappa shape index (κ2) is 8.83. The summed E-state index contributed by atoms with van der Waals surface area (Å²) in [5.74, 6) is -1.90. The quantitative estimate of drug-likeness (QED) is 0.514. The molecule has 1 saturated heterocycles. The van der Waals surface area contributed by atoms with Crippen molar-refractivity contribution >= 4 is 11.7 Å². The minimum atomic E-state index is -4.81. The van der Waals surface area contributed by atoms with Crippen LogP contribution in [0.15, 0.2) is 47.1 Å². The Labute approximate surface area is 187 Å². The van der Waals surface area contributed by atoms with Crippen molar-refractivity contribution in [2.75, 3.05) is 31.1 Å². The summed E-state index contributed by atoms with van der Waals surface area (Å²) in [4.78, 5) is 23.6. The number of rotatable bonds is 4. The van der Waals surface area contributed by atoms with E-state index >= 15 is 0 Å². The van der Waals surface area contributed by atoms with Crippen LogP contribution in [0.4, 0.5) is 32.2 Å². The molecule has 0 radical (unpaired) electrons. The highest BCUT2D eigenvalue weighted by Crippen LogP contribution is 2.29. The van der Waals surface area contributed by atoms with E-state index in [2.05, 4.69) is 24.4 Å². The highest BCUT2D eigenvalue weighted by atomic mass is 19.4. The second-order valence-electron chi connectivity index (χ2n) is 7.18. The summed E-state index contributed by atoms with van der Waals surface area (Å²) in [6.07, 6.45) is -8.23. The van der Waals surface area contributed by atoms with Crippen molar-refractivity contribution in [1.82, 2.24) is 20.0 Å². The Kier molecular flexibility index (Phi) is 6.06. The molecular formula is C20H15F6N5O3. The molecule has 14 heteroatoms. The molecule has 0 aliphatic carbocycles. The number of pyridine rings is 1. The summed E-state index contributed by atoms with van der Waals surface area (Å²) in [5, 5.41) is 3.31. The second-order valence-corrected chi connectivity index (χ2v) is 7.18. The lowest BCUT2D eigenvalue weighted by Gasteiger charge is -2.35. The number of ether oxygens (including phenoxy) is 1. The Hall–Kier alpha value is -3.84. The zero-order valence-electron chi connectivity index (χ0n) is 17.1. The molecule has 1 aliphatic heterocycles. The van der Waals surface area contributed by atoms with Gasteiger partial charge in [-0.15, -0.1) is 13.2 Å². The zero-order chi connectivity index (χ0) is 24.5. The van der Waals surface area contributed by atoms with E-state index in [0.29, 0.717) is 32.0 Å². The molecular weight excluding hydrogens is 472 g/mol. The molecule has 4 rings (SSSR count). The summed E-state index contributed by atoms with van der Waals surface area (Å²) in [6.45, 7) is 1.52. The highest BCUT2D eigenvalue weighted by molar-refractivity contribution is 5.94. The van der Waals surface area contributed by atoms with Gasteiger partial charge in [0.05, 0.1) is 0 Å². The average Bonchev–Trinajstić information content (AvgIpc) is 3.29. The summed E-state index contributed by atoms with van der Waals surface area (Å²) < 4.78 is 82.6. The number of aromatic nitrogens is 3. The number of amides is 1. The third-order valence-corrected chi connectivity index (χ3v) is 4.90. The third kappa shape index (κ3) is 5.38. The Morgan fingerprint density at radius 2 is 1.62 bits per heavy atom. The van der Waals surface area contributed by atoms with Crippen molar-refractivity contribution in [3.05, 3.63) is 54.0 Å². The summed E-state index contributed by atoms with van der Waals surface area (Å²) in [7, 11) is 0.